The molecule has 0 aliphatic rings. The molecule has 0 aromatic rings. The molecule has 0 atom stereocenters. The maximum Gasteiger partial charge on any atom is 0.406 e. The van der Waals surface area contributed by atoms with Gasteiger partial charge in [0, 0.05) is 12.7 Å². The molecule has 0 saturated carbocycles. The van der Waals surface area contributed by atoms with Crippen LogP contribution in [0.1, 0.15) is 26.7 Å². The zero-order valence-electron chi connectivity index (χ0n) is 10.8. The quantitative estimate of drug-likeness (QED) is 0.411. The van der Waals surface area contributed by atoms with Crippen molar-refractivity contribution in [2.45, 2.75) is 37.9 Å². The maximum atomic E-state index is 13.1. The fraction of sp³-hybridized carbons (Fsp3) is 0.900. The highest BCUT2D eigenvalue weighted by atomic mass is 32.2. The lowest BCUT2D eigenvalue weighted by molar-refractivity contribution is -0.165. The van der Waals surface area contributed by atoms with Crippen LogP contribution in [0.15, 0.2) is 0 Å². The van der Waals surface area contributed by atoms with Gasteiger partial charge >= 0.3 is 17.1 Å². The lowest BCUT2D eigenvalue weighted by Gasteiger charge is -2.24. The normalized spacial score (nSPS) is 13.7. The minimum atomic E-state index is -5.22. The highest BCUT2D eigenvalue weighted by Crippen LogP contribution is 2.41. The zero-order chi connectivity index (χ0) is 15.5. The van der Waals surface area contributed by atoms with Crippen molar-refractivity contribution in [3.8, 4) is 0 Å². The van der Waals surface area contributed by atoms with Crippen molar-refractivity contribution in [1.29, 1.82) is 0 Å². The standard InChI is InChI=1S/C10H16F4O4S/c1-7(2)8(15)18-6-4-5-9(11,12)10(13,14)19(3,16)17/h7H,4-6H2,1-3H3. The van der Waals surface area contributed by atoms with Crippen LogP contribution in [0.2, 0.25) is 0 Å². The Hall–Kier alpha value is -0.860. The first-order valence-corrected chi connectivity index (χ1v) is 7.34. The van der Waals surface area contributed by atoms with Gasteiger partial charge in [-0.2, -0.15) is 17.6 Å². The highest BCUT2D eigenvalue weighted by molar-refractivity contribution is 7.91. The molecule has 0 aliphatic heterocycles. The van der Waals surface area contributed by atoms with E-state index in [1.54, 1.807) is 0 Å². The van der Waals surface area contributed by atoms with Crippen LogP contribution in [0.5, 0.6) is 0 Å². The highest BCUT2D eigenvalue weighted by Gasteiger charge is 2.62. The summed E-state index contributed by atoms with van der Waals surface area (Å²) in [5.41, 5.74) is 0. The first-order chi connectivity index (χ1) is 8.33. The molecule has 0 radical (unpaired) electrons. The van der Waals surface area contributed by atoms with Gasteiger partial charge < -0.3 is 4.74 Å². The van der Waals surface area contributed by atoms with Crippen molar-refractivity contribution < 1.29 is 35.5 Å². The molecule has 0 fully saturated rings. The van der Waals surface area contributed by atoms with Gasteiger partial charge in [-0.1, -0.05) is 13.8 Å². The Labute approximate surface area is 109 Å². The van der Waals surface area contributed by atoms with E-state index in [1.807, 2.05) is 0 Å². The predicted octanol–water partition coefficient (Wildman–Crippen LogP) is 2.24. The van der Waals surface area contributed by atoms with E-state index < -0.39 is 52.4 Å². The Morgan fingerprint density at radius 2 is 1.68 bits per heavy atom. The third-order valence-electron chi connectivity index (χ3n) is 2.24. The molecule has 0 saturated heterocycles. The molecule has 0 aromatic carbocycles. The molecule has 4 nitrogen and oxygen atoms in total. The summed E-state index contributed by atoms with van der Waals surface area (Å²) in [7, 11) is -5.22. The second-order valence-electron chi connectivity index (χ2n) is 4.42. The summed E-state index contributed by atoms with van der Waals surface area (Å²) in [5, 5.41) is -5.14. The fourth-order valence-corrected chi connectivity index (χ4v) is 1.69. The maximum absolute atomic E-state index is 13.1. The smallest absolute Gasteiger partial charge is 0.406 e. The van der Waals surface area contributed by atoms with Gasteiger partial charge in [0.25, 0.3) is 0 Å². The van der Waals surface area contributed by atoms with Gasteiger partial charge in [-0.25, -0.2) is 8.42 Å². The monoisotopic (exact) mass is 308 g/mol. The number of esters is 1. The Morgan fingerprint density at radius 1 is 1.21 bits per heavy atom. The largest absolute Gasteiger partial charge is 0.465 e. The van der Waals surface area contributed by atoms with Crippen molar-refractivity contribution in [1.82, 2.24) is 0 Å². The van der Waals surface area contributed by atoms with Crippen molar-refractivity contribution >= 4 is 15.8 Å². The number of hydrogen-bond donors (Lipinski definition) is 0. The molecule has 0 amide bonds. The van der Waals surface area contributed by atoms with Gasteiger partial charge in [0.2, 0.25) is 9.84 Å². The summed E-state index contributed by atoms with van der Waals surface area (Å²) in [4.78, 5) is 11.0. The number of hydrogen-bond acceptors (Lipinski definition) is 4. The molecule has 9 heteroatoms. The number of ether oxygens (including phenoxy) is 1. The minimum absolute atomic E-state index is 0.0414. The number of carbonyl (C=O) groups is 1. The third-order valence-corrected chi connectivity index (χ3v) is 3.47. The van der Waals surface area contributed by atoms with Crippen LogP contribution < -0.4 is 0 Å². The summed E-state index contributed by atoms with van der Waals surface area (Å²) < 4.78 is 77.9. The van der Waals surface area contributed by atoms with Crippen LogP contribution in [0, 0.1) is 5.92 Å². The van der Waals surface area contributed by atoms with E-state index in [0.717, 1.165) is 0 Å². The average Bonchev–Trinajstić information content (AvgIpc) is 2.21. The molecule has 114 valence electrons. The van der Waals surface area contributed by atoms with E-state index >= 15 is 0 Å². The average molecular weight is 308 g/mol. The van der Waals surface area contributed by atoms with Crippen molar-refractivity contribution in [2.75, 3.05) is 12.9 Å². The van der Waals surface area contributed by atoms with E-state index in [-0.39, 0.29) is 6.26 Å². The van der Waals surface area contributed by atoms with Crippen LogP contribution in [0.4, 0.5) is 17.6 Å². The Kier molecular flexibility index (Phi) is 5.79. The van der Waals surface area contributed by atoms with Crippen LogP contribution >= 0.6 is 0 Å². The van der Waals surface area contributed by atoms with Crippen LogP contribution in [0.25, 0.3) is 0 Å². The molecule has 0 unspecified atom stereocenters. The first kappa shape index (κ1) is 18.1. The second kappa shape index (κ2) is 6.06. The summed E-state index contributed by atoms with van der Waals surface area (Å²) in [6, 6.07) is 0. The van der Waals surface area contributed by atoms with Crippen molar-refractivity contribution in [3.05, 3.63) is 0 Å². The third kappa shape index (κ3) is 4.63. The Balaban J connectivity index is 4.45. The summed E-state index contributed by atoms with van der Waals surface area (Å²) in [6.45, 7) is 2.58. The number of halogens is 4. The zero-order valence-corrected chi connectivity index (χ0v) is 11.6. The fourth-order valence-electron chi connectivity index (χ4n) is 1.05. The van der Waals surface area contributed by atoms with Crippen LogP contribution in [0.3, 0.4) is 0 Å². The Bertz CT molecular complexity index is 417. The second-order valence-corrected chi connectivity index (χ2v) is 6.48. The SMILES string of the molecule is CC(C)C(=O)OCCCC(F)(F)C(F)(F)S(C)(=O)=O. The van der Waals surface area contributed by atoms with E-state index in [1.165, 1.54) is 13.8 Å². The van der Waals surface area contributed by atoms with Crippen molar-refractivity contribution in [3.63, 3.8) is 0 Å². The van der Waals surface area contributed by atoms with E-state index in [0.29, 0.717) is 0 Å². The van der Waals surface area contributed by atoms with E-state index in [2.05, 4.69) is 4.74 Å². The Morgan fingerprint density at radius 3 is 2.05 bits per heavy atom. The molecule has 0 rings (SSSR count). The number of rotatable bonds is 7. The molecular weight excluding hydrogens is 292 g/mol. The number of carbonyl (C=O) groups excluding carboxylic acids is 1. The number of sulfone groups is 1. The van der Waals surface area contributed by atoms with E-state index in [9.17, 15) is 30.8 Å². The van der Waals surface area contributed by atoms with Gasteiger partial charge in [-0.15, -0.1) is 0 Å². The van der Waals surface area contributed by atoms with Crippen LogP contribution in [-0.2, 0) is 19.4 Å². The van der Waals surface area contributed by atoms with Gasteiger partial charge in [-0.3, -0.25) is 4.79 Å². The summed E-state index contributed by atoms with van der Waals surface area (Å²) in [5.74, 6) is -5.80. The lowest BCUT2D eigenvalue weighted by atomic mass is 10.2. The molecule has 0 bridgehead atoms. The van der Waals surface area contributed by atoms with Gasteiger partial charge in [0.15, 0.2) is 0 Å². The predicted molar refractivity (Wildman–Crippen MR) is 59.8 cm³/mol. The van der Waals surface area contributed by atoms with Gasteiger partial charge in [0.05, 0.1) is 12.5 Å². The molecule has 0 aromatic heterocycles. The number of alkyl halides is 4. The molecule has 19 heavy (non-hydrogen) atoms. The summed E-state index contributed by atoms with van der Waals surface area (Å²) >= 11 is 0. The minimum Gasteiger partial charge on any atom is -0.465 e. The summed E-state index contributed by atoms with van der Waals surface area (Å²) in [6.07, 6.45) is -1.91. The molecule has 0 spiro atoms. The molecule has 0 aliphatic carbocycles. The molecular formula is C10H16F4O4S. The van der Waals surface area contributed by atoms with E-state index in [4.69, 9.17) is 0 Å². The van der Waals surface area contributed by atoms with Gasteiger partial charge in [-0.05, 0) is 6.42 Å². The first-order valence-electron chi connectivity index (χ1n) is 5.45. The van der Waals surface area contributed by atoms with Crippen LogP contribution in [-0.4, -0.2) is 38.4 Å². The lowest BCUT2D eigenvalue weighted by Crippen LogP contribution is -2.46. The molecule has 0 N–H and O–H groups in total. The topological polar surface area (TPSA) is 60.4 Å². The van der Waals surface area contributed by atoms with Crippen molar-refractivity contribution in [2.24, 2.45) is 5.92 Å². The molecule has 0 heterocycles. The van der Waals surface area contributed by atoms with Gasteiger partial charge in [0.1, 0.15) is 0 Å².